The van der Waals surface area contributed by atoms with Crippen LogP contribution >= 0.6 is 34.8 Å². The highest BCUT2D eigenvalue weighted by Gasteiger charge is 2.33. The van der Waals surface area contributed by atoms with E-state index in [0.29, 0.717) is 12.3 Å². The number of benzene rings is 2. The maximum Gasteiger partial charge on any atom is 0.245 e. The van der Waals surface area contributed by atoms with E-state index in [1.165, 1.54) is 6.08 Å². The molecule has 0 aliphatic rings. The van der Waals surface area contributed by atoms with Gasteiger partial charge in [-0.1, -0.05) is 65.1 Å². The molecule has 0 bridgehead atoms. The second kappa shape index (κ2) is 9.72. The van der Waals surface area contributed by atoms with E-state index in [1.807, 2.05) is 37.3 Å². The third kappa shape index (κ3) is 6.79. The quantitative estimate of drug-likeness (QED) is 0.380. The molecule has 0 aromatic heterocycles. The summed E-state index contributed by atoms with van der Waals surface area (Å²) in [5, 5.41) is 5.65. The predicted octanol–water partition coefficient (Wildman–Crippen LogP) is 5.02. The minimum absolute atomic E-state index is 0.386. The Morgan fingerprint density at radius 2 is 1.77 bits per heavy atom. The first kappa shape index (κ1) is 20.4. The molecule has 2 aromatic rings. The number of carbonyl (C=O) groups excluding carboxylic acids is 1. The van der Waals surface area contributed by atoms with Crippen molar-refractivity contribution in [2.75, 3.05) is 11.9 Å². The van der Waals surface area contributed by atoms with Crippen LogP contribution in [0.3, 0.4) is 0 Å². The maximum absolute atomic E-state index is 12.2. The van der Waals surface area contributed by atoms with Gasteiger partial charge in [0, 0.05) is 11.8 Å². The van der Waals surface area contributed by atoms with Gasteiger partial charge in [0.25, 0.3) is 0 Å². The second-order valence-electron chi connectivity index (χ2n) is 5.33. The van der Waals surface area contributed by atoms with Crippen LogP contribution in [0.1, 0.15) is 12.5 Å². The molecule has 0 fully saturated rings. The molecule has 0 heterocycles. The lowest BCUT2D eigenvalue weighted by atomic mass is 10.2. The molecular formula is C19H19Cl3N2O2. The molecule has 0 aliphatic heterocycles. The minimum atomic E-state index is -1.74. The molecule has 0 saturated heterocycles. The summed E-state index contributed by atoms with van der Waals surface area (Å²) in [6.07, 6.45) is 2.15. The molecule has 4 nitrogen and oxygen atoms in total. The van der Waals surface area contributed by atoms with Gasteiger partial charge in [-0.05, 0) is 42.8 Å². The SMILES string of the molecule is CCOc1ccc(NC(NC(=O)/C=C/c2ccccc2)C(Cl)(Cl)Cl)cc1. The topological polar surface area (TPSA) is 50.4 Å². The highest BCUT2D eigenvalue weighted by Crippen LogP contribution is 2.31. The van der Waals surface area contributed by atoms with E-state index in [1.54, 1.807) is 30.3 Å². The third-order valence-electron chi connectivity index (χ3n) is 3.32. The summed E-state index contributed by atoms with van der Waals surface area (Å²) in [7, 11) is 0. The van der Waals surface area contributed by atoms with E-state index in [0.717, 1.165) is 11.3 Å². The van der Waals surface area contributed by atoms with Gasteiger partial charge >= 0.3 is 0 Å². The Bertz CT molecular complexity index is 729. The first-order chi connectivity index (χ1) is 12.4. The van der Waals surface area contributed by atoms with Crippen LogP contribution in [0.2, 0.25) is 0 Å². The summed E-state index contributed by atoms with van der Waals surface area (Å²) in [6, 6.07) is 16.6. The number of carbonyl (C=O) groups is 1. The molecule has 2 rings (SSSR count). The Balaban J connectivity index is 2.03. The third-order valence-corrected chi connectivity index (χ3v) is 3.97. The molecule has 1 unspecified atom stereocenters. The van der Waals surface area contributed by atoms with Crippen molar-refractivity contribution in [1.82, 2.24) is 5.32 Å². The van der Waals surface area contributed by atoms with Crippen molar-refractivity contribution in [3.05, 3.63) is 66.2 Å². The van der Waals surface area contributed by atoms with Crippen molar-refractivity contribution in [2.24, 2.45) is 0 Å². The number of hydrogen-bond donors (Lipinski definition) is 2. The van der Waals surface area contributed by atoms with Crippen molar-refractivity contribution in [3.8, 4) is 5.75 Å². The molecule has 1 atom stereocenters. The molecule has 0 saturated carbocycles. The van der Waals surface area contributed by atoms with Crippen LogP contribution in [0.4, 0.5) is 5.69 Å². The van der Waals surface area contributed by atoms with Gasteiger partial charge in [-0.3, -0.25) is 4.79 Å². The summed E-state index contributed by atoms with van der Waals surface area (Å²) in [5.74, 6) is 0.349. The minimum Gasteiger partial charge on any atom is -0.494 e. The van der Waals surface area contributed by atoms with Crippen molar-refractivity contribution in [2.45, 2.75) is 16.9 Å². The van der Waals surface area contributed by atoms with Crippen LogP contribution in [0.15, 0.2) is 60.7 Å². The molecule has 26 heavy (non-hydrogen) atoms. The van der Waals surface area contributed by atoms with Crippen molar-refractivity contribution in [1.29, 1.82) is 0 Å². The number of hydrogen-bond acceptors (Lipinski definition) is 3. The number of ether oxygens (including phenoxy) is 1. The van der Waals surface area contributed by atoms with Crippen molar-refractivity contribution < 1.29 is 9.53 Å². The number of alkyl halides is 3. The predicted molar refractivity (Wildman–Crippen MR) is 109 cm³/mol. The number of amides is 1. The van der Waals surface area contributed by atoms with E-state index in [9.17, 15) is 4.79 Å². The van der Waals surface area contributed by atoms with Gasteiger partial charge in [0.1, 0.15) is 11.9 Å². The van der Waals surface area contributed by atoms with Crippen LogP contribution < -0.4 is 15.4 Å². The zero-order valence-corrected chi connectivity index (χ0v) is 16.4. The lowest BCUT2D eigenvalue weighted by Gasteiger charge is -2.27. The molecule has 0 spiro atoms. The van der Waals surface area contributed by atoms with Crippen LogP contribution in [0.25, 0.3) is 6.08 Å². The Morgan fingerprint density at radius 3 is 2.35 bits per heavy atom. The first-order valence-corrected chi connectivity index (χ1v) is 9.11. The second-order valence-corrected chi connectivity index (χ2v) is 7.70. The normalized spacial score (nSPS) is 12.6. The van der Waals surface area contributed by atoms with Crippen LogP contribution in [-0.4, -0.2) is 22.5 Å². The van der Waals surface area contributed by atoms with E-state index >= 15 is 0 Å². The fourth-order valence-corrected chi connectivity index (χ4v) is 2.43. The average molecular weight is 414 g/mol. The van der Waals surface area contributed by atoms with E-state index in [2.05, 4.69) is 10.6 Å². The Hall–Kier alpha value is -1.88. The van der Waals surface area contributed by atoms with Gasteiger partial charge < -0.3 is 15.4 Å². The van der Waals surface area contributed by atoms with Crippen molar-refractivity contribution >= 4 is 52.5 Å². The molecule has 0 radical (unpaired) electrons. The van der Waals surface area contributed by atoms with Gasteiger partial charge in [0.05, 0.1) is 6.61 Å². The molecule has 1 amide bonds. The molecule has 2 aromatic carbocycles. The van der Waals surface area contributed by atoms with Gasteiger partial charge in [0.15, 0.2) is 0 Å². The summed E-state index contributed by atoms with van der Waals surface area (Å²) < 4.78 is 3.65. The summed E-state index contributed by atoms with van der Waals surface area (Å²) in [6.45, 7) is 2.48. The Kier molecular flexibility index (Phi) is 7.64. The number of rotatable bonds is 7. The van der Waals surface area contributed by atoms with Gasteiger partial charge in [-0.2, -0.15) is 0 Å². The fourth-order valence-electron chi connectivity index (χ4n) is 2.11. The average Bonchev–Trinajstić information content (AvgIpc) is 2.61. The summed E-state index contributed by atoms with van der Waals surface area (Å²) >= 11 is 18.0. The molecule has 0 aliphatic carbocycles. The Labute approximate surface area is 168 Å². The van der Waals surface area contributed by atoms with Gasteiger partial charge in [0.2, 0.25) is 9.70 Å². The largest absolute Gasteiger partial charge is 0.494 e. The van der Waals surface area contributed by atoms with Gasteiger partial charge in [-0.15, -0.1) is 0 Å². The standard InChI is InChI=1S/C19H19Cl3N2O2/c1-2-26-16-11-9-15(10-12-16)23-18(19(20,21)22)24-17(25)13-8-14-6-4-3-5-7-14/h3-13,18,23H,2H2,1H3,(H,24,25)/b13-8+. The molecule has 138 valence electrons. The summed E-state index contributed by atoms with van der Waals surface area (Å²) in [5.41, 5.74) is 1.57. The van der Waals surface area contributed by atoms with Gasteiger partial charge in [-0.25, -0.2) is 0 Å². The van der Waals surface area contributed by atoms with Crippen LogP contribution in [-0.2, 0) is 4.79 Å². The zero-order valence-electron chi connectivity index (χ0n) is 14.1. The maximum atomic E-state index is 12.2. The Morgan fingerprint density at radius 1 is 1.12 bits per heavy atom. The molecule has 7 heteroatoms. The highest BCUT2D eigenvalue weighted by atomic mass is 35.6. The number of halogens is 3. The molecule has 2 N–H and O–H groups in total. The van der Waals surface area contributed by atoms with Crippen LogP contribution in [0.5, 0.6) is 5.75 Å². The van der Waals surface area contributed by atoms with E-state index < -0.39 is 9.96 Å². The zero-order chi connectivity index (χ0) is 19.0. The lowest BCUT2D eigenvalue weighted by Crippen LogP contribution is -2.48. The van der Waals surface area contributed by atoms with Crippen molar-refractivity contribution in [3.63, 3.8) is 0 Å². The summed E-state index contributed by atoms with van der Waals surface area (Å²) in [4.78, 5) is 12.2. The highest BCUT2D eigenvalue weighted by molar-refractivity contribution is 6.68. The molecular weight excluding hydrogens is 395 g/mol. The fraction of sp³-hybridized carbons (Fsp3) is 0.211. The number of nitrogens with one attached hydrogen (secondary N) is 2. The van der Waals surface area contributed by atoms with Crippen LogP contribution in [0, 0.1) is 0 Å². The smallest absolute Gasteiger partial charge is 0.245 e. The van der Waals surface area contributed by atoms with E-state index in [4.69, 9.17) is 39.5 Å². The lowest BCUT2D eigenvalue weighted by molar-refractivity contribution is -0.116. The number of anilines is 1. The monoisotopic (exact) mass is 412 g/mol. The first-order valence-electron chi connectivity index (χ1n) is 7.98. The van der Waals surface area contributed by atoms with E-state index in [-0.39, 0.29) is 5.91 Å².